The molecule has 1 rings (SSSR count). The number of aliphatic hydroxyl groups excluding tert-OH is 1. The first-order chi connectivity index (χ1) is 5.29. The van der Waals surface area contributed by atoms with Crippen LogP contribution < -0.4 is 10.2 Å². The number of ether oxygens (including phenoxy) is 1. The van der Waals surface area contributed by atoms with Gasteiger partial charge in [0.25, 0.3) is 0 Å². The van der Waals surface area contributed by atoms with Gasteiger partial charge in [0.05, 0.1) is 19.4 Å². The second kappa shape index (κ2) is 3.21. The van der Waals surface area contributed by atoms with Crippen molar-refractivity contribution < 1.29 is 9.84 Å². The molecule has 1 heterocycles. The van der Waals surface area contributed by atoms with E-state index >= 15 is 0 Å². The molecule has 0 atom stereocenters. The van der Waals surface area contributed by atoms with Crippen molar-refractivity contribution in [2.45, 2.75) is 6.61 Å². The van der Waals surface area contributed by atoms with Crippen molar-refractivity contribution in [3.05, 3.63) is 28.2 Å². The fraction of sp³-hybridized carbons (Fsp3) is 0.286. The molecule has 0 spiro atoms. The van der Waals surface area contributed by atoms with Crippen LogP contribution in [-0.4, -0.2) is 17.2 Å². The van der Waals surface area contributed by atoms with Gasteiger partial charge in [0.15, 0.2) is 5.75 Å². The number of pyridine rings is 1. The quantitative estimate of drug-likeness (QED) is 0.625. The summed E-state index contributed by atoms with van der Waals surface area (Å²) in [6, 6.07) is 1.35. The molecule has 2 N–H and O–H groups in total. The summed E-state index contributed by atoms with van der Waals surface area (Å²) < 4.78 is 4.76. The Balaban J connectivity index is 3.24. The minimum atomic E-state index is -0.227. The van der Waals surface area contributed by atoms with E-state index in [0.29, 0.717) is 5.69 Å². The lowest BCUT2D eigenvalue weighted by molar-refractivity contribution is 0.267. The van der Waals surface area contributed by atoms with Gasteiger partial charge < -0.3 is 14.8 Å². The van der Waals surface area contributed by atoms with Crippen molar-refractivity contribution in [1.82, 2.24) is 4.98 Å². The largest absolute Gasteiger partial charge is 0.491 e. The van der Waals surface area contributed by atoms with Crippen LogP contribution in [0.5, 0.6) is 5.75 Å². The molecule has 0 aromatic carbocycles. The fourth-order valence-electron chi connectivity index (χ4n) is 0.849. The number of H-pyrrole nitrogens is 1. The summed E-state index contributed by atoms with van der Waals surface area (Å²) in [7, 11) is 1.39. The first-order valence-electron chi connectivity index (χ1n) is 3.15. The molecule has 0 amide bonds. The predicted molar refractivity (Wildman–Crippen MR) is 39.5 cm³/mol. The molecular formula is C7H9NO3. The predicted octanol–water partition coefficient (Wildman–Crippen LogP) is -0.124. The fourth-order valence-corrected chi connectivity index (χ4v) is 0.849. The highest BCUT2D eigenvalue weighted by atomic mass is 16.5. The molecular weight excluding hydrogens is 146 g/mol. The highest BCUT2D eigenvalue weighted by Crippen LogP contribution is 2.07. The highest BCUT2D eigenvalue weighted by molar-refractivity contribution is 5.26. The van der Waals surface area contributed by atoms with Crippen LogP contribution in [0, 0.1) is 0 Å². The van der Waals surface area contributed by atoms with E-state index in [-0.39, 0.29) is 17.8 Å². The first-order valence-corrected chi connectivity index (χ1v) is 3.15. The summed E-state index contributed by atoms with van der Waals surface area (Å²) >= 11 is 0. The van der Waals surface area contributed by atoms with Crippen molar-refractivity contribution in [2.24, 2.45) is 0 Å². The molecule has 0 radical (unpaired) electrons. The van der Waals surface area contributed by atoms with Gasteiger partial charge in [-0.15, -0.1) is 0 Å². The summed E-state index contributed by atoms with van der Waals surface area (Å²) in [6.45, 7) is -0.223. The summed E-state index contributed by atoms with van der Waals surface area (Å²) in [4.78, 5) is 13.7. The summed E-state index contributed by atoms with van der Waals surface area (Å²) in [6.07, 6.45) is 1.47. The van der Waals surface area contributed by atoms with Gasteiger partial charge in [-0.05, 0) is 0 Å². The van der Waals surface area contributed by atoms with Crippen molar-refractivity contribution in [2.75, 3.05) is 7.11 Å². The minimum Gasteiger partial charge on any atom is -0.491 e. The normalized spacial score (nSPS) is 9.64. The van der Waals surface area contributed by atoms with Crippen molar-refractivity contribution in [1.29, 1.82) is 0 Å². The molecule has 0 bridgehead atoms. The molecule has 11 heavy (non-hydrogen) atoms. The first kappa shape index (κ1) is 7.81. The third-order valence-electron chi connectivity index (χ3n) is 1.35. The van der Waals surface area contributed by atoms with E-state index in [2.05, 4.69) is 4.98 Å². The van der Waals surface area contributed by atoms with Crippen LogP contribution in [0.4, 0.5) is 0 Å². The number of aromatic amines is 1. The number of aromatic nitrogens is 1. The topological polar surface area (TPSA) is 62.3 Å². The Hall–Kier alpha value is -1.29. The Morgan fingerprint density at radius 1 is 1.73 bits per heavy atom. The average molecular weight is 155 g/mol. The maximum atomic E-state index is 11.0. The van der Waals surface area contributed by atoms with Crippen LogP contribution in [0.3, 0.4) is 0 Å². The molecule has 1 aromatic rings. The molecule has 0 aliphatic rings. The number of methoxy groups -OCH3 is 1. The van der Waals surface area contributed by atoms with Crippen LogP contribution in [0.15, 0.2) is 17.1 Å². The third kappa shape index (κ3) is 1.40. The van der Waals surface area contributed by atoms with Crippen LogP contribution in [0.1, 0.15) is 5.69 Å². The van der Waals surface area contributed by atoms with E-state index in [9.17, 15) is 4.79 Å². The Morgan fingerprint density at radius 3 is 2.91 bits per heavy atom. The Morgan fingerprint density at radius 2 is 2.45 bits per heavy atom. The van der Waals surface area contributed by atoms with Gasteiger partial charge in [-0.25, -0.2) is 0 Å². The summed E-state index contributed by atoms with van der Waals surface area (Å²) in [5, 5.41) is 8.72. The van der Waals surface area contributed by atoms with Gasteiger partial charge in [-0.3, -0.25) is 4.79 Å². The minimum absolute atomic E-state index is 0.176. The Kier molecular flexibility index (Phi) is 2.28. The molecule has 0 aliphatic carbocycles. The zero-order chi connectivity index (χ0) is 8.27. The second-order valence-corrected chi connectivity index (χ2v) is 2.01. The number of hydrogen-bond donors (Lipinski definition) is 2. The van der Waals surface area contributed by atoms with Crippen LogP contribution in [0.2, 0.25) is 0 Å². The molecule has 0 unspecified atom stereocenters. The number of nitrogens with one attached hydrogen (secondary N) is 1. The van der Waals surface area contributed by atoms with E-state index in [1.54, 1.807) is 0 Å². The van der Waals surface area contributed by atoms with Crippen LogP contribution in [0.25, 0.3) is 0 Å². The molecule has 4 heteroatoms. The number of rotatable bonds is 2. The lowest BCUT2D eigenvalue weighted by Crippen LogP contribution is -2.08. The average Bonchev–Trinajstić information content (AvgIpc) is 2.04. The highest BCUT2D eigenvalue weighted by Gasteiger charge is 2.03. The molecule has 0 saturated carbocycles. The van der Waals surface area contributed by atoms with Gasteiger partial charge in [-0.2, -0.15) is 0 Å². The van der Waals surface area contributed by atoms with Crippen molar-refractivity contribution >= 4 is 0 Å². The van der Waals surface area contributed by atoms with E-state index < -0.39 is 0 Å². The molecule has 0 fully saturated rings. The van der Waals surface area contributed by atoms with Crippen molar-refractivity contribution in [3.8, 4) is 5.75 Å². The number of aliphatic hydroxyl groups is 1. The van der Waals surface area contributed by atoms with Gasteiger partial charge in [0.2, 0.25) is 5.43 Å². The maximum absolute atomic E-state index is 11.0. The Bertz CT molecular complexity index is 292. The van der Waals surface area contributed by atoms with Gasteiger partial charge in [-0.1, -0.05) is 0 Å². The second-order valence-electron chi connectivity index (χ2n) is 2.01. The third-order valence-corrected chi connectivity index (χ3v) is 1.35. The smallest absolute Gasteiger partial charge is 0.223 e. The van der Waals surface area contributed by atoms with Crippen molar-refractivity contribution in [3.63, 3.8) is 0 Å². The zero-order valence-corrected chi connectivity index (χ0v) is 6.13. The van der Waals surface area contributed by atoms with E-state index in [4.69, 9.17) is 9.84 Å². The molecule has 0 saturated heterocycles. The lowest BCUT2D eigenvalue weighted by atomic mass is 10.3. The summed E-state index contributed by atoms with van der Waals surface area (Å²) in [5.41, 5.74) is 0.176. The van der Waals surface area contributed by atoms with Crippen LogP contribution in [-0.2, 0) is 6.61 Å². The summed E-state index contributed by atoms with van der Waals surface area (Å²) in [5.74, 6) is 0.176. The van der Waals surface area contributed by atoms with Gasteiger partial charge in [0, 0.05) is 12.3 Å². The van der Waals surface area contributed by atoms with E-state index in [1.165, 1.54) is 19.4 Å². The molecule has 60 valence electrons. The standard InChI is InChI=1S/C7H9NO3/c1-11-7-5(4-9)8-3-2-6(7)10/h2-3,9H,4H2,1H3,(H,8,10). The van der Waals surface area contributed by atoms with E-state index in [0.717, 1.165) is 0 Å². The number of hydrogen-bond acceptors (Lipinski definition) is 3. The monoisotopic (exact) mass is 155 g/mol. The molecule has 0 aliphatic heterocycles. The molecule has 1 aromatic heterocycles. The maximum Gasteiger partial charge on any atom is 0.223 e. The van der Waals surface area contributed by atoms with Gasteiger partial charge >= 0.3 is 0 Å². The van der Waals surface area contributed by atoms with Gasteiger partial charge in [0.1, 0.15) is 0 Å². The Labute approximate surface area is 63.5 Å². The molecule has 4 nitrogen and oxygen atoms in total. The SMILES string of the molecule is COc1c(CO)[nH]ccc1=O. The lowest BCUT2D eigenvalue weighted by Gasteiger charge is -2.02. The zero-order valence-electron chi connectivity index (χ0n) is 6.13. The van der Waals surface area contributed by atoms with E-state index in [1.807, 2.05) is 0 Å². The van der Waals surface area contributed by atoms with Crippen LogP contribution >= 0.6 is 0 Å².